The highest BCUT2D eigenvalue weighted by atomic mass is 16.5. The summed E-state index contributed by atoms with van der Waals surface area (Å²) in [4.78, 5) is 23.9. The fourth-order valence-corrected chi connectivity index (χ4v) is 7.69. The minimum Gasteiger partial charge on any atom is -0.463 e. The molecule has 0 aromatic heterocycles. The lowest BCUT2D eigenvalue weighted by atomic mass is 9.40. The van der Waals surface area contributed by atoms with Gasteiger partial charge in [0.25, 0.3) is 0 Å². The molecular formula is C22H34O3. The van der Waals surface area contributed by atoms with Crippen LogP contribution in [0.3, 0.4) is 0 Å². The van der Waals surface area contributed by atoms with Crippen LogP contribution in [0.25, 0.3) is 0 Å². The van der Waals surface area contributed by atoms with Gasteiger partial charge in [0.15, 0.2) is 0 Å². The van der Waals surface area contributed by atoms with E-state index in [2.05, 4.69) is 20.8 Å². The Morgan fingerprint density at radius 3 is 2.48 bits per heavy atom. The van der Waals surface area contributed by atoms with Crippen molar-refractivity contribution >= 4 is 11.8 Å². The molecule has 7 atom stereocenters. The average molecular weight is 347 g/mol. The van der Waals surface area contributed by atoms with E-state index in [9.17, 15) is 9.59 Å². The van der Waals surface area contributed by atoms with Gasteiger partial charge in [0, 0.05) is 18.8 Å². The van der Waals surface area contributed by atoms with E-state index >= 15 is 0 Å². The zero-order valence-corrected chi connectivity index (χ0v) is 16.4. The number of esters is 1. The fraction of sp³-hybridized carbons (Fsp3) is 0.909. The SMILES string of the molecule is CC(=O)O[C@@H]1CC[C@]2(C)[C@@H]3CC[C@@]4(C)C(=O)CC[C@@H]4[C@@H]3CC[C@@]2(C)C1. The smallest absolute Gasteiger partial charge is 0.302 e. The molecule has 4 aliphatic carbocycles. The Balaban J connectivity index is 1.60. The molecule has 0 N–H and O–H groups in total. The number of carbonyl (C=O) groups is 2. The number of carbonyl (C=O) groups excluding carboxylic acids is 2. The molecule has 0 spiro atoms. The van der Waals surface area contributed by atoms with Crippen molar-refractivity contribution in [2.24, 2.45) is 34.0 Å². The third kappa shape index (κ3) is 2.36. The molecule has 4 saturated carbocycles. The lowest BCUT2D eigenvalue weighted by Crippen LogP contribution is -2.58. The first-order chi connectivity index (χ1) is 11.7. The Labute approximate surface area is 152 Å². The molecule has 0 heterocycles. The molecule has 25 heavy (non-hydrogen) atoms. The monoisotopic (exact) mass is 346 g/mol. The van der Waals surface area contributed by atoms with Crippen LogP contribution in [0.5, 0.6) is 0 Å². The van der Waals surface area contributed by atoms with E-state index in [0.29, 0.717) is 17.1 Å². The van der Waals surface area contributed by atoms with Crippen LogP contribution in [0.4, 0.5) is 0 Å². The van der Waals surface area contributed by atoms with Gasteiger partial charge in [-0.15, -0.1) is 0 Å². The van der Waals surface area contributed by atoms with E-state index in [1.807, 2.05) is 0 Å². The lowest BCUT2D eigenvalue weighted by molar-refractivity contribution is -0.181. The Morgan fingerprint density at radius 1 is 1.00 bits per heavy atom. The molecule has 0 saturated heterocycles. The molecule has 0 aromatic carbocycles. The van der Waals surface area contributed by atoms with E-state index in [1.165, 1.54) is 32.6 Å². The zero-order valence-electron chi connectivity index (χ0n) is 16.4. The second-order valence-corrected chi connectivity index (χ2v) is 10.3. The summed E-state index contributed by atoms with van der Waals surface area (Å²) in [5.74, 6) is 2.49. The van der Waals surface area contributed by atoms with E-state index in [1.54, 1.807) is 0 Å². The van der Waals surface area contributed by atoms with Crippen molar-refractivity contribution in [3.8, 4) is 0 Å². The number of hydrogen-bond acceptors (Lipinski definition) is 3. The molecule has 3 heteroatoms. The minimum absolute atomic E-state index is 0.0276. The van der Waals surface area contributed by atoms with Gasteiger partial charge in [-0.1, -0.05) is 20.8 Å². The van der Waals surface area contributed by atoms with Crippen LogP contribution in [0.15, 0.2) is 0 Å². The van der Waals surface area contributed by atoms with Crippen molar-refractivity contribution in [1.29, 1.82) is 0 Å². The second kappa shape index (κ2) is 5.57. The number of ketones is 1. The maximum absolute atomic E-state index is 12.5. The fourth-order valence-electron chi connectivity index (χ4n) is 7.69. The van der Waals surface area contributed by atoms with Crippen LogP contribution in [0.2, 0.25) is 0 Å². The van der Waals surface area contributed by atoms with Gasteiger partial charge in [-0.25, -0.2) is 0 Å². The summed E-state index contributed by atoms with van der Waals surface area (Å²) < 4.78 is 5.60. The van der Waals surface area contributed by atoms with E-state index in [-0.39, 0.29) is 22.9 Å². The molecule has 3 nitrogen and oxygen atoms in total. The Bertz CT molecular complexity index is 598. The summed E-state index contributed by atoms with van der Waals surface area (Å²) in [7, 11) is 0. The van der Waals surface area contributed by atoms with E-state index in [0.717, 1.165) is 43.9 Å². The number of Topliss-reactive ketones (excluding diaryl/α,β-unsaturated/α-hetero) is 1. The first-order valence-electron chi connectivity index (χ1n) is 10.4. The molecule has 0 aliphatic heterocycles. The summed E-state index contributed by atoms with van der Waals surface area (Å²) >= 11 is 0. The van der Waals surface area contributed by atoms with Crippen LogP contribution in [-0.2, 0) is 14.3 Å². The Morgan fingerprint density at radius 2 is 1.76 bits per heavy atom. The van der Waals surface area contributed by atoms with Gasteiger partial charge in [0.05, 0.1) is 0 Å². The van der Waals surface area contributed by atoms with Crippen molar-refractivity contribution in [3.63, 3.8) is 0 Å². The highest BCUT2D eigenvalue weighted by molar-refractivity contribution is 5.87. The topological polar surface area (TPSA) is 43.4 Å². The predicted molar refractivity (Wildman–Crippen MR) is 96.9 cm³/mol. The molecule has 0 unspecified atom stereocenters. The van der Waals surface area contributed by atoms with E-state index in [4.69, 9.17) is 4.74 Å². The molecule has 0 bridgehead atoms. The standard InChI is InChI=1S/C22H34O3/c1-14(23)25-15-7-12-22(4)18-9-11-21(3)17(5-6-19(21)24)16(18)8-10-20(22,2)13-15/h15-18H,5-13H2,1-4H3/t15-,16+,17-,18-,20+,21-,22-/m1/s1. The number of fused-ring (bicyclic) bond motifs is 5. The average Bonchev–Trinajstić information content (AvgIpc) is 2.84. The lowest BCUT2D eigenvalue weighted by Gasteiger charge is -2.64. The molecule has 0 aromatic rings. The van der Waals surface area contributed by atoms with Crippen LogP contribution in [0.1, 0.15) is 85.5 Å². The van der Waals surface area contributed by atoms with Gasteiger partial charge in [0.2, 0.25) is 0 Å². The molecule has 0 radical (unpaired) electrons. The minimum atomic E-state index is -0.135. The Kier molecular flexibility index (Phi) is 3.91. The van der Waals surface area contributed by atoms with Gasteiger partial charge in [-0.3, -0.25) is 9.59 Å². The number of hydrogen-bond donors (Lipinski definition) is 0. The number of ether oxygens (including phenoxy) is 1. The Hall–Kier alpha value is -0.860. The van der Waals surface area contributed by atoms with Crippen LogP contribution < -0.4 is 0 Å². The quantitative estimate of drug-likeness (QED) is 0.633. The second-order valence-electron chi connectivity index (χ2n) is 10.3. The molecule has 0 amide bonds. The van der Waals surface area contributed by atoms with Crippen LogP contribution in [-0.4, -0.2) is 17.9 Å². The molecule has 4 rings (SSSR count). The maximum Gasteiger partial charge on any atom is 0.302 e. The summed E-state index contributed by atoms with van der Waals surface area (Å²) in [6.07, 6.45) is 10.0. The largest absolute Gasteiger partial charge is 0.463 e. The van der Waals surface area contributed by atoms with Gasteiger partial charge in [0.1, 0.15) is 11.9 Å². The van der Waals surface area contributed by atoms with Crippen molar-refractivity contribution in [3.05, 3.63) is 0 Å². The van der Waals surface area contributed by atoms with Gasteiger partial charge >= 0.3 is 5.97 Å². The van der Waals surface area contributed by atoms with Crippen LogP contribution >= 0.6 is 0 Å². The predicted octanol–water partition coefficient (Wildman–Crippen LogP) is 4.92. The van der Waals surface area contributed by atoms with E-state index < -0.39 is 0 Å². The van der Waals surface area contributed by atoms with Gasteiger partial charge in [-0.05, 0) is 80.0 Å². The first kappa shape index (κ1) is 17.5. The van der Waals surface area contributed by atoms with Crippen molar-refractivity contribution in [2.75, 3.05) is 0 Å². The number of rotatable bonds is 1. The third-order valence-electron chi connectivity index (χ3n) is 9.37. The summed E-state index contributed by atoms with van der Waals surface area (Å²) in [5, 5.41) is 0. The molecule has 140 valence electrons. The molecule has 4 fully saturated rings. The first-order valence-corrected chi connectivity index (χ1v) is 10.4. The van der Waals surface area contributed by atoms with Crippen molar-refractivity contribution < 1.29 is 14.3 Å². The van der Waals surface area contributed by atoms with Crippen molar-refractivity contribution in [1.82, 2.24) is 0 Å². The third-order valence-corrected chi connectivity index (χ3v) is 9.37. The van der Waals surface area contributed by atoms with Crippen molar-refractivity contribution in [2.45, 2.75) is 91.6 Å². The zero-order chi connectivity index (χ0) is 18.0. The highest BCUT2D eigenvalue weighted by Crippen LogP contribution is 2.69. The summed E-state index contributed by atoms with van der Waals surface area (Å²) in [6, 6.07) is 0. The van der Waals surface area contributed by atoms with Gasteiger partial charge in [-0.2, -0.15) is 0 Å². The van der Waals surface area contributed by atoms with Gasteiger partial charge < -0.3 is 4.74 Å². The normalized spacial score (nSPS) is 52.1. The summed E-state index contributed by atoms with van der Waals surface area (Å²) in [5.41, 5.74) is 0.572. The maximum atomic E-state index is 12.5. The molecule has 4 aliphatic rings. The van der Waals surface area contributed by atoms with Crippen LogP contribution in [0, 0.1) is 34.0 Å². The summed E-state index contributed by atoms with van der Waals surface area (Å²) in [6.45, 7) is 8.77. The highest BCUT2D eigenvalue weighted by Gasteiger charge is 2.63. The molecular weight excluding hydrogens is 312 g/mol.